The van der Waals surface area contributed by atoms with Gasteiger partial charge in [0.25, 0.3) is 0 Å². The molecule has 2 atom stereocenters. The highest BCUT2D eigenvalue weighted by atomic mass is 35.5. The van der Waals surface area contributed by atoms with E-state index in [4.69, 9.17) is 0 Å². The van der Waals surface area contributed by atoms with Gasteiger partial charge in [-0.05, 0) is 17.8 Å². The molecule has 0 bridgehead atoms. The van der Waals surface area contributed by atoms with Crippen molar-refractivity contribution < 1.29 is 13.2 Å². The zero-order valence-corrected chi connectivity index (χ0v) is 13.1. The second kappa shape index (κ2) is 6.41. The zero-order chi connectivity index (χ0) is 13.3. The van der Waals surface area contributed by atoms with E-state index in [0.717, 1.165) is 13.1 Å². The van der Waals surface area contributed by atoms with Gasteiger partial charge in [-0.25, -0.2) is 8.42 Å². The van der Waals surface area contributed by atoms with Crippen LogP contribution < -0.4 is 5.32 Å². The minimum absolute atomic E-state index is 0. The molecule has 112 valence electrons. The van der Waals surface area contributed by atoms with Gasteiger partial charge < -0.3 is 10.2 Å². The Hall–Kier alpha value is -0.330. The van der Waals surface area contributed by atoms with Crippen molar-refractivity contribution in [1.82, 2.24) is 10.2 Å². The second-order valence-corrected chi connectivity index (χ2v) is 8.03. The largest absolute Gasteiger partial charge is 0.341 e. The average Bonchev–Trinajstić information content (AvgIpc) is 2.71. The highest BCUT2D eigenvalue weighted by Gasteiger charge is 2.38. The maximum absolute atomic E-state index is 12.0. The van der Waals surface area contributed by atoms with E-state index in [1.54, 1.807) is 4.90 Å². The Morgan fingerprint density at radius 1 is 1.26 bits per heavy atom. The van der Waals surface area contributed by atoms with Crippen molar-refractivity contribution in [1.29, 1.82) is 0 Å². The molecule has 1 amide bonds. The summed E-state index contributed by atoms with van der Waals surface area (Å²) in [5.74, 6) is 0.664. The molecule has 2 fully saturated rings. The summed E-state index contributed by atoms with van der Waals surface area (Å²) in [6.07, 6.45) is 0. The number of rotatable bonds is 4. The fourth-order valence-corrected chi connectivity index (χ4v) is 4.60. The predicted molar refractivity (Wildman–Crippen MR) is 77.2 cm³/mol. The second-order valence-electron chi connectivity index (χ2n) is 5.93. The lowest BCUT2D eigenvalue weighted by atomic mass is 10.0. The maximum atomic E-state index is 12.0. The normalized spacial score (nSPS) is 26.4. The third-order valence-electron chi connectivity index (χ3n) is 3.67. The van der Waals surface area contributed by atoms with Crippen LogP contribution in [-0.2, 0) is 14.6 Å². The summed E-state index contributed by atoms with van der Waals surface area (Å²) in [7, 11) is -3.25. The topological polar surface area (TPSA) is 66.5 Å². The average molecular weight is 311 g/mol. The zero-order valence-electron chi connectivity index (χ0n) is 11.5. The van der Waals surface area contributed by atoms with Crippen molar-refractivity contribution in [3.05, 3.63) is 0 Å². The lowest BCUT2D eigenvalue weighted by Gasteiger charge is -2.17. The van der Waals surface area contributed by atoms with Gasteiger partial charge in [0.15, 0.2) is 9.84 Å². The van der Waals surface area contributed by atoms with Crippen LogP contribution in [-0.4, -0.2) is 56.9 Å². The van der Waals surface area contributed by atoms with E-state index in [1.165, 1.54) is 0 Å². The minimum Gasteiger partial charge on any atom is -0.341 e. The smallest absolute Gasteiger partial charge is 0.237 e. The van der Waals surface area contributed by atoms with Gasteiger partial charge in [0, 0.05) is 26.2 Å². The van der Waals surface area contributed by atoms with E-state index in [9.17, 15) is 13.2 Å². The number of carbonyl (C=O) groups is 1. The summed E-state index contributed by atoms with van der Waals surface area (Å²) >= 11 is 0. The van der Waals surface area contributed by atoms with Gasteiger partial charge in [-0.1, -0.05) is 13.8 Å². The molecule has 0 radical (unpaired) electrons. The van der Waals surface area contributed by atoms with Gasteiger partial charge >= 0.3 is 0 Å². The van der Waals surface area contributed by atoms with Crippen LogP contribution in [0.2, 0.25) is 0 Å². The van der Waals surface area contributed by atoms with Crippen molar-refractivity contribution in [3.8, 4) is 0 Å². The predicted octanol–water partition coefficient (Wildman–Crippen LogP) is 0.157. The van der Waals surface area contributed by atoms with Gasteiger partial charge in [-0.3, -0.25) is 4.79 Å². The minimum atomic E-state index is -3.25. The lowest BCUT2D eigenvalue weighted by Crippen LogP contribution is -2.37. The van der Waals surface area contributed by atoms with Gasteiger partial charge in [-0.15, -0.1) is 12.4 Å². The Kier molecular flexibility index (Phi) is 5.65. The summed E-state index contributed by atoms with van der Waals surface area (Å²) in [6.45, 7) is 7.05. The maximum Gasteiger partial charge on any atom is 0.237 e. The molecule has 2 saturated heterocycles. The third-order valence-corrected chi connectivity index (χ3v) is 5.53. The molecule has 0 aliphatic carbocycles. The fraction of sp³-hybridized carbons (Fsp3) is 0.917. The lowest BCUT2D eigenvalue weighted by molar-refractivity contribution is -0.127. The van der Waals surface area contributed by atoms with E-state index >= 15 is 0 Å². The Morgan fingerprint density at radius 2 is 1.79 bits per heavy atom. The Labute approximate surface area is 121 Å². The van der Waals surface area contributed by atoms with Gasteiger partial charge in [0.05, 0.1) is 5.75 Å². The Bertz CT molecular complexity index is 413. The number of halogens is 1. The summed E-state index contributed by atoms with van der Waals surface area (Å²) in [4.78, 5) is 13.7. The molecule has 0 spiro atoms. The highest BCUT2D eigenvalue weighted by Crippen LogP contribution is 2.26. The number of amides is 1. The summed E-state index contributed by atoms with van der Waals surface area (Å²) in [5, 5.41) is 3.30. The molecule has 5 nitrogen and oxygen atoms in total. The summed E-state index contributed by atoms with van der Waals surface area (Å²) < 4.78 is 23.6. The van der Waals surface area contributed by atoms with Gasteiger partial charge in [-0.2, -0.15) is 0 Å². The van der Waals surface area contributed by atoms with E-state index in [-0.39, 0.29) is 35.7 Å². The fourth-order valence-electron chi connectivity index (χ4n) is 2.91. The number of hydrogen-bond acceptors (Lipinski definition) is 4. The number of nitrogens with one attached hydrogen (secondary N) is 1. The first kappa shape index (κ1) is 16.7. The molecular weight excluding hydrogens is 288 g/mol. The van der Waals surface area contributed by atoms with Crippen LogP contribution in [0.1, 0.15) is 13.8 Å². The third kappa shape index (κ3) is 4.33. The quantitative estimate of drug-likeness (QED) is 0.803. The Balaban J connectivity index is 0.00000180. The Morgan fingerprint density at radius 3 is 2.26 bits per heavy atom. The van der Waals surface area contributed by atoms with Gasteiger partial charge in [0.2, 0.25) is 5.91 Å². The SMILES string of the molecule is CC(C)CS(=O)(=O)CC(=O)N1C[C@H]2CNC[C@H]2C1.Cl. The molecule has 2 heterocycles. The molecule has 0 aromatic carbocycles. The number of fused-ring (bicyclic) bond motifs is 1. The molecule has 0 unspecified atom stereocenters. The molecule has 7 heteroatoms. The number of nitrogens with zero attached hydrogens (tertiary/aromatic N) is 1. The van der Waals surface area contributed by atoms with Crippen LogP contribution in [0.5, 0.6) is 0 Å². The number of sulfone groups is 1. The van der Waals surface area contributed by atoms with Crippen molar-refractivity contribution in [2.75, 3.05) is 37.7 Å². The van der Waals surface area contributed by atoms with Crippen LogP contribution in [0.25, 0.3) is 0 Å². The van der Waals surface area contributed by atoms with Crippen molar-refractivity contribution in [2.45, 2.75) is 13.8 Å². The molecule has 2 rings (SSSR count). The molecule has 0 aromatic rings. The van der Waals surface area contributed by atoms with Crippen LogP contribution in [0.3, 0.4) is 0 Å². The molecule has 19 heavy (non-hydrogen) atoms. The molecular formula is C12H23ClN2O3S. The van der Waals surface area contributed by atoms with E-state index in [0.29, 0.717) is 24.9 Å². The van der Waals surface area contributed by atoms with Crippen LogP contribution in [0.4, 0.5) is 0 Å². The number of carbonyl (C=O) groups excluding carboxylic acids is 1. The van der Waals surface area contributed by atoms with E-state index in [2.05, 4.69) is 5.32 Å². The standard InChI is InChI=1S/C12H22N2O3S.ClH/c1-9(2)7-18(16,17)8-12(15)14-5-10-3-13-4-11(10)6-14;/h9-11,13H,3-8H2,1-2H3;1H/t10-,11+;. The molecule has 1 N–H and O–H groups in total. The van der Waals surface area contributed by atoms with Crippen molar-refractivity contribution in [3.63, 3.8) is 0 Å². The summed E-state index contributed by atoms with van der Waals surface area (Å²) in [5.41, 5.74) is 0. The number of hydrogen-bond donors (Lipinski definition) is 1. The summed E-state index contributed by atoms with van der Waals surface area (Å²) in [6, 6.07) is 0. The first-order valence-electron chi connectivity index (χ1n) is 6.56. The molecule has 0 saturated carbocycles. The van der Waals surface area contributed by atoms with Crippen molar-refractivity contribution in [2.24, 2.45) is 17.8 Å². The highest BCUT2D eigenvalue weighted by molar-refractivity contribution is 7.92. The van der Waals surface area contributed by atoms with Gasteiger partial charge in [0.1, 0.15) is 5.75 Å². The molecule has 2 aliphatic rings. The monoisotopic (exact) mass is 310 g/mol. The van der Waals surface area contributed by atoms with E-state index < -0.39 is 9.84 Å². The number of likely N-dealkylation sites (tertiary alicyclic amines) is 1. The first-order chi connectivity index (χ1) is 8.37. The van der Waals surface area contributed by atoms with Crippen LogP contribution in [0.15, 0.2) is 0 Å². The van der Waals surface area contributed by atoms with E-state index in [1.807, 2.05) is 13.8 Å². The van der Waals surface area contributed by atoms with Crippen molar-refractivity contribution >= 4 is 28.2 Å². The first-order valence-corrected chi connectivity index (χ1v) is 8.38. The molecule has 0 aromatic heterocycles. The molecule has 2 aliphatic heterocycles. The van der Waals surface area contributed by atoms with Crippen LogP contribution in [0, 0.1) is 17.8 Å². The van der Waals surface area contributed by atoms with Crippen LogP contribution >= 0.6 is 12.4 Å².